The van der Waals surface area contributed by atoms with Gasteiger partial charge in [-0.15, -0.1) is 0 Å². The molecule has 0 aliphatic carbocycles. The zero-order valence-electron chi connectivity index (χ0n) is 10.9. The Labute approximate surface area is 106 Å². The first-order chi connectivity index (χ1) is 8.65. The van der Waals surface area contributed by atoms with Gasteiger partial charge >= 0.3 is 0 Å². The number of hydrogen-bond donors (Lipinski definition) is 1. The van der Waals surface area contributed by atoms with Crippen molar-refractivity contribution < 1.29 is 13.9 Å². The lowest BCUT2D eigenvalue weighted by molar-refractivity contribution is 0.0927. The van der Waals surface area contributed by atoms with Crippen LogP contribution in [0.4, 0.5) is 0 Å². The van der Waals surface area contributed by atoms with Gasteiger partial charge in [-0.25, -0.2) is 0 Å². The third-order valence-electron chi connectivity index (χ3n) is 2.80. The summed E-state index contributed by atoms with van der Waals surface area (Å²) in [6.07, 6.45) is 1.64. The lowest BCUT2D eigenvalue weighted by Gasteiger charge is -2.13. The van der Waals surface area contributed by atoms with Crippen molar-refractivity contribution in [2.75, 3.05) is 20.3 Å². The van der Waals surface area contributed by atoms with Crippen LogP contribution in [0.5, 0.6) is 0 Å². The first-order valence-electron chi connectivity index (χ1n) is 6.00. The van der Waals surface area contributed by atoms with Gasteiger partial charge < -0.3 is 19.0 Å². The molecule has 2 aromatic rings. The van der Waals surface area contributed by atoms with Crippen LogP contribution in [0.15, 0.2) is 22.8 Å². The Balaban J connectivity index is 2.28. The summed E-state index contributed by atoms with van der Waals surface area (Å²) in [7, 11) is 1.61. The molecule has 1 amide bonds. The van der Waals surface area contributed by atoms with E-state index >= 15 is 0 Å². The molecular formula is C13H18N2O3. The molecule has 98 valence electrons. The van der Waals surface area contributed by atoms with Crippen molar-refractivity contribution in [1.29, 1.82) is 0 Å². The van der Waals surface area contributed by atoms with Crippen molar-refractivity contribution in [2.45, 2.75) is 19.9 Å². The number of carbonyl (C=O) groups is 1. The Kier molecular flexibility index (Phi) is 3.72. The summed E-state index contributed by atoms with van der Waals surface area (Å²) >= 11 is 0. The fraction of sp³-hybridized carbons (Fsp3) is 0.462. The molecule has 18 heavy (non-hydrogen) atoms. The van der Waals surface area contributed by atoms with Crippen LogP contribution < -0.4 is 5.32 Å². The van der Waals surface area contributed by atoms with E-state index in [2.05, 4.69) is 5.32 Å². The summed E-state index contributed by atoms with van der Waals surface area (Å²) in [5.74, 6) is -0.104. The van der Waals surface area contributed by atoms with Gasteiger partial charge in [-0.1, -0.05) is 0 Å². The minimum atomic E-state index is -0.104. The summed E-state index contributed by atoms with van der Waals surface area (Å²) in [4.78, 5) is 12.1. The molecule has 2 rings (SSSR count). The molecule has 2 aromatic heterocycles. The standard InChI is InChI=1S/C13H18N2O3/c1-9(2)15-10-4-6-18-12(10)8-11(15)13(16)14-5-7-17-3/h4,6,8-9H,5,7H2,1-3H3,(H,14,16). The Bertz CT molecular complexity index is 539. The highest BCUT2D eigenvalue weighted by atomic mass is 16.5. The van der Waals surface area contributed by atoms with E-state index < -0.39 is 0 Å². The number of furan rings is 1. The Hall–Kier alpha value is -1.75. The van der Waals surface area contributed by atoms with Gasteiger partial charge in [0.05, 0.1) is 18.4 Å². The first-order valence-corrected chi connectivity index (χ1v) is 6.00. The zero-order valence-corrected chi connectivity index (χ0v) is 10.9. The molecule has 0 saturated heterocycles. The van der Waals surface area contributed by atoms with Crippen molar-refractivity contribution in [3.05, 3.63) is 24.1 Å². The Morgan fingerprint density at radius 3 is 3.00 bits per heavy atom. The first kappa shape index (κ1) is 12.7. The predicted molar refractivity (Wildman–Crippen MR) is 68.8 cm³/mol. The number of nitrogens with one attached hydrogen (secondary N) is 1. The van der Waals surface area contributed by atoms with Crippen molar-refractivity contribution in [2.24, 2.45) is 0 Å². The molecule has 0 spiro atoms. The molecule has 0 bridgehead atoms. The SMILES string of the molecule is COCCNC(=O)c1cc2occc2n1C(C)C. The molecule has 5 heteroatoms. The highest BCUT2D eigenvalue weighted by molar-refractivity contribution is 5.97. The average molecular weight is 250 g/mol. The number of hydrogen-bond acceptors (Lipinski definition) is 3. The van der Waals surface area contributed by atoms with E-state index in [1.165, 1.54) is 0 Å². The van der Waals surface area contributed by atoms with Gasteiger partial charge in [-0.2, -0.15) is 0 Å². The summed E-state index contributed by atoms with van der Waals surface area (Å²) in [6.45, 7) is 5.08. The van der Waals surface area contributed by atoms with Crippen LogP contribution in [0, 0.1) is 0 Å². The molecule has 0 radical (unpaired) electrons. The second-order valence-electron chi connectivity index (χ2n) is 4.41. The number of fused-ring (bicyclic) bond motifs is 1. The monoisotopic (exact) mass is 250 g/mol. The minimum Gasteiger partial charge on any atom is -0.463 e. The van der Waals surface area contributed by atoms with E-state index in [4.69, 9.17) is 9.15 Å². The van der Waals surface area contributed by atoms with Gasteiger partial charge in [0.1, 0.15) is 5.69 Å². The Morgan fingerprint density at radius 2 is 2.33 bits per heavy atom. The lowest BCUT2D eigenvalue weighted by atomic mass is 10.3. The smallest absolute Gasteiger partial charge is 0.268 e. The third kappa shape index (κ3) is 2.26. The van der Waals surface area contributed by atoms with Crippen molar-refractivity contribution >= 4 is 17.0 Å². The van der Waals surface area contributed by atoms with Crippen LogP contribution in [0.2, 0.25) is 0 Å². The summed E-state index contributed by atoms with van der Waals surface area (Å²) in [6, 6.07) is 3.85. The summed E-state index contributed by atoms with van der Waals surface area (Å²) in [5, 5.41) is 2.82. The van der Waals surface area contributed by atoms with Gasteiger partial charge in [-0.05, 0) is 13.8 Å². The maximum absolute atomic E-state index is 12.1. The fourth-order valence-corrected chi connectivity index (χ4v) is 2.03. The number of aromatic nitrogens is 1. The van der Waals surface area contributed by atoms with Crippen LogP contribution >= 0.6 is 0 Å². The molecular weight excluding hydrogens is 232 g/mol. The fourth-order valence-electron chi connectivity index (χ4n) is 2.03. The molecule has 0 unspecified atom stereocenters. The molecule has 5 nitrogen and oxygen atoms in total. The second-order valence-corrected chi connectivity index (χ2v) is 4.41. The van der Waals surface area contributed by atoms with Crippen molar-refractivity contribution in [3.8, 4) is 0 Å². The van der Waals surface area contributed by atoms with Crippen molar-refractivity contribution in [1.82, 2.24) is 9.88 Å². The largest absolute Gasteiger partial charge is 0.463 e. The van der Waals surface area contributed by atoms with Crippen LogP contribution in [-0.4, -0.2) is 30.7 Å². The van der Waals surface area contributed by atoms with Gasteiger partial charge in [0, 0.05) is 31.8 Å². The van der Waals surface area contributed by atoms with Gasteiger partial charge in [0.15, 0.2) is 5.58 Å². The normalized spacial score (nSPS) is 11.3. The minimum absolute atomic E-state index is 0.104. The van der Waals surface area contributed by atoms with Crippen LogP contribution in [0.3, 0.4) is 0 Å². The lowest BCUT2D eigenvalue weighted by Crippen LogP contribution is -2.29. The molecule has 0 atom stereocenters. The van der Waals surface area contributed by atoms with Gasteiger partial charge in [0.25, 0.3) is 5.91 Å². The third-order valence-corrected chi connectivity index (χ3v) is 2.80. The van der Waals surface area contributed by atoms with E-state index in [9.17, 15) is 4.79 Å². The molecule has 2 heterocycles. The highest BCUT2D eigenvalue weighted by Crippen LogP contribution is 2.24. The van der Waals surface area contributed by atoms with Crippen LogP contribution in [0.1, 0.15) is 30.4 Å². The molecule has 1 N–H and O–H groups in total. The van der Waals surface area contributed by atoms with E-state index in [1.54, 1.807) is 19.4 Å². The van der Waals surface area contributed by atoms with Gasteiger partial charge in [0.2, 0.25) is 0 Å². The van der Waals surface area contributed by atoms with E-state index in [-0.39, 0.29) is 11.9 Å². The molecule has 0 fully saturated rings. The number of methoxy groups -OCH3 is 1. The molecule has 0 aliphatic rings. The summed E-state index contributed by atoms with van der Waals surface area (Å²) in [5.41, 5.74) is 2.30. The number of ether oxygens (including phenoxy) is 1. The zero-order chi connectivity index (χ0) is 13.1. The van der Waals surface area contributed by atoms with Gasteiger partial charge in [-0.3, -0.25) is 4.79 Å². The van der Waals surface area contributed by atoms with E-state index in [1.807, 2.05) is 24.5 Å². The Morgan fingerprint density at radius 1 is 1.56 bits per heavy atom. The maximum atomic E-state index is 12.1. The average Bonchev–Trinajstić information content (AvgIpc) is 2.87. The number of rotatable bonds is 5. The molecule has 0 aliphatic heterocycles. The van der Waals surface area contributed by atoms with Crippen LogP contribution in [0.25, 0.3) is 11.1 Å². The molecule has 0 saturated carbocycles. The number of nitrogens with zero attached hydrogens (tertiary/aromatic N) is 1. The van der Waals surface area contributed by atoms with E-state index in [0.29, 0.717) is 18.8 Å². The maximum Gasteiger partial charge on any atom is 0.268 e. The molecule has 0 aromatic carbocycles. The topological polar surface area (TPSA) is 56.4 Å². The predicted octanol–water partition coefficient (Wildman–Crippen LogP) is 2.19. The summed E-state index contributed by atoms with van der Waals surface area (Å²) < 4.78 is 12.2. The van der Waals surface area contributed by atoms with Crippen molar-refractivity contribution in [3.63, 3.8) is 0 Å². The second kappa shape index (κ2) is 5.27. The van der Waals surface area contributed by atoms with Crippen LogP contribution in [-0.2, 0) is 4.74 Å². The quantitative estimate of drug-likeness (QED) is 0.827. The number of amides is 1. The highest BCUT2D eigenvalue weighted by Gasteiger charge is 2.18. The van der Waals surface area contributed by atoms with E-state index in [0.717, 1.165) is 11.1 Å². The number of carbonyl (C=O) groups excluding carboxylic acids is 1.